The maximum Gasteiger partial charge on any atom is 0.387 e. The van der Waals surface area contributed by atoms with Crippen molar-refractivity contribution in [3.05, 3.63) is 53.6 Å². The van der Waals surface area contributed by atoms with Crippen LogP contribution >= 0.6 is 0 Å². The normalized spacial score (nSPS) is 13.9. The SMILES string of the molecule is CC(NC(=O)CCc1ccc(OC(F)F)cc1)c1ccc2c(c1)OCCO2. The molecule has 0 radical (unpaired) electrons. The van der Waals surface area contributed by atoms with Gasteiger partial charge in [0.05, 0.1) is 6.04 Å². The highest BCUT2D eigenvalue weighted by atomic mass is 19.3. The fourth-order valence-electron chi connectivity index (χ4n) is 2.82. The third-order valence-corrected chi connectivity index (χ3v) is 4.23. The molecule has 0 spiro atoms. The molecule has 0 aliphatic carbocycles. The van der Waals surface area contributed by atoms with Crippen LogP contribution in [0.25, 0.3) is 0 Å². The van der Waals surface area contributed by atoms with Gasteiger partial charge in [0.1, 0.15) is 19.0 Å². The van der Waals surface area contributed by atoms with Crippen molar-refractivity contribution in [1.29, 1.82) is 0 Å². The Morgan fingerprint density at radius 3 is 2.52 bits per heavy atom. The molecule has 1 amide bonds. The molecule has 1 heterocycles. The molecule has 3 rings (SSSR count). The fraction of sp³-hybridized carbons (Fsp3) is 0.350. The van der Waals surface area contributed by atoms with E-state index in [1.165, 1.54) is 12.1 Å². The first-order valence-electron chi connectivity index (χ1n) is 8.74. The van der Waals surface area contributed by atoms with Gasteiger partial charge in [0.15, 0.2) is 11.5 Å². The second kappa shape index (κ2) is 8.70. The van der Waals surface area contributed by atoms with Crippen molar-refractivity contribution in [2.24, 2.45) is 0 Å². The van der Waals surface area contributed by atoms with Crippen LogP contribution in [0, 0.1) is 0 Å². The summed E-state index contributed by atoms with van der Waals surface area (Å²) in [6.45, 7) is 0.107. The van der Waals surface area contributed by atoms with Crippen molar-refractivity contribution in [2.45, 2.75) is 32.4 Å². The van der Waals surface area contributed by atoms with Gasteiger partial charge >= 0.3 is 6.61 Å². The van der Waals surface area contributed by atoms with E-state index in [0.717, 1.165) is 11.1 Å². The van der Waals surface area contributed by atoms with Crippen LogP contribution in [0.3, 0.4) is 0 Å². The van der Waals surface area contributed by atoms with Gasteiger partial charge in [-0.3, -0.25) is 4.79 Å². The average Bonchev–Trinajstić information content (AvgIpc) is 2.66. The molecular weight excluding hydrogens is 356 g/mol. The Hall–Kier alpha value is -2.83. The molecule has 0 saturated carbocycles. The predicted molar refractivity (Wildman–Crippen MR) is 95.4 cm³/mol. The van der Waals surface area contributed by atoms with Gasteiger partial charge in [0.25, 0.3) is 0 Å². The molecule has 0 bridgehead atoms. The summed E-state index contributed by atoms with van der Waals surface area (Å²) in [5, 5.41) is 2.95. The Kier molecular flexibility index (Phi) is 6.11. The number of halogens is 2. The predicted octanol–water partition coefficient (Wildman–Crippen LogP) is 3.87. The molecule has 144 valence electrons. The van der Waals surface area contributed by atoms with Gasteiger partial charge in [-0.15, -0.1) is 0 Å². The molecule has 5 nitrogen and oxygen atoms in total. The van der Waals surface area contributed by atoms with E-state index in [1.54, 1.807) is 12.1 Å². The first-order chi connectivity index (χ1) is 13.0. The number of nitrogens with one attached hydrogen (secondary N) is 1. The van der Waals surface area contributed by atoms with Gasteiger partial charge in [0, 0.05) is 6.42 Å². The number of fused-ring (bicyclic) bond motifs is 1. The van der Waals surface area contributed by atoms with Gasteiger partial charge in [0.2, 0.25) is 5.91 Å². The van der Waals surface area contributed by atoms with Gasteiger partial charge in [-0.2, -0.15) is 8.78 Å². The van der Waals surface area contributed by atoms with Crippen LogP contribution in [0.1, 0.15) is 30.5 Å². The summed E-state index contributed by atoms with van der Waals surface area (Å²) in [5.41, 5.74) is 1.81. The number of hydrogen-bond acceptors (Lipinski definition) is 4. The van der Waals surface area contributed by atoms with Crippen LogP contribution in [0.2, 0.25) is 0 Å². The lowest BCUT2D eigenvalue weighted by molar-refractivity contribution is -0.121. The fourth-order valence-corrected chi connectivity index (χ4v) is 2.82. The molecule has 1 aliphatic rings. The molecule has 2 aromatic rings. The van der Waals surface area contributed by atoms with Crippen LogP contribution in [0.4, 0.5) is 8.78 Å². The monoisotopic (exact) mass is 377 g/mol. The Labute approximate surface area is 156 Å². The summed E-state index contributed by atoms with van der Waals surface area (Å²) in [6.07, 6.45) is 0.804. The summed E-state index contributed by atoms with van der Waals surface area (Å²) >= 11 is 0. The zero-order chi connectivity index (χ0) is 19.2. The number of rotatable bonds is 7. The van der Waals surface area contributed by atoms with Crippen LogP contribution in [-0.2, 0) is 11.2 Å². The van der Waals surface area contributed by atoms with Crippen LogP contribution < -0.4 is 19.5 Å². The van der Waals surface area contributed by atoms with Crippen LogP contribution in [-0.4, -0.2) is 25.7 Å². The van der Waals surface area contributed by atoms with E-state index in [0.29, 0.717) is 37.6 Å². The van der Waals surface area contributed by atoms with Crippen LogP contribution in [0.15, 0.2) is 42.5 Å². The molecule has 1 atom stereocenters. The zero-order valence-electron chi connectivity index (χ0n) is 14.9. The maximum atomic E-state index is 12.2. The largest absolute Gasteiger partial charge is 0.486 e. The Morgan fingerprint density at radius 2 is 1.81 bits per heavy atom. The van der Waals surface area contributed by atoms with Crippen molar-refractivity contribution < 1.29 is 27.8 Å². The molecule has 27 heavy (non-hydrogen) atoms. The van der Waals surface area contributed by atoms with Gasteiger partial charge in [-0.1, -0.05) is 18.2 Å². The summed E-state index contributed by atoms with van der Waals surface area (Å²) in [4.78, 5) is 12.2. The standard InChI is InChI=1S/C20H21F2NO4/c1-13(15-5-8-17-18(12-15)26-11-10-25-17)23-19(24)9-4-14-2-6-16(7-3-14)27-20(21)22/h2-3,5-8,12-13,20H,4,9-11H2,1H3,(H,23,24). The number of carbonyl (C=O) groups is 1. The topological polar surface area (TPSA) is 56.8 Å². The second-order valence-corrected chi connectivity index (χ2v) is 6.21. The Bertz CT molecular complexity index is 780. The van der Waals surface area contributed by atoms with Crippen LogP contribution in [0.5, 0.6) is 17.2 Å². The van der Waals surface area contributed by atoms with Crippen molar-refractivity contribution >= 4 is 5.91 Å². The van der Waals surface area contributed by atoms with E-state index in [4.69, 9.17) is 9.47 Å². The molecule has 1 unspecified atom stereocenters. The number of benzene rings is 2. The maximum absolute atomic E-state index is 12.2. The highest BCUT2D eigenvalue weighted by Gasteiger charge is 2.16. The van der Waals surface area contributed by atoms with E-state index in [9.17, 15) is 13.6 Å². The van der Waals surface area contributed by atoms with Crippen molar-refractivity contribution in [3.8, 4) is 17.2 Å². The number of carbonyl (C=O) groups excluding carboxylic acids is 1. The molecular formula is C20H21F2NO4. The van der Waals surface area contributed by atoms with E-state index in [1.807, 2.05) is 25.1 Å². The minimum absolute atomic E-state index is 0.0923. The highest BCUT2D eigenvalue weighted by molar-refractivity contribution is 5.76. The molecule has 7 heteroatoms. The highest BCUT2D eigenvalue weighted by Crippen LogP contribution is 2.32. The molecule has 2 aromatic carbocycles. The zero-order valence-corrected chi connectivity index (χ0v) is 14.9. The molecule has 0 fully saturated rings. The first kappa shape index (κ1) is 18.9. The minimum Gasteiger partial charge on any atom is -0.486 e. The van der Waals surface area contributed by atoms with E-state index >= 15 is 0 Å². The Morgan fingerprint density at radius 1 is 1.11 bits per heavy atom. The smallest absolute Gasteiger partial charge is 0.387 e. The summed E-state index contributed by atoms with van der Waals surface area (Å²) < 4.78 is 39.6. The van der Waals surface area contributed by atoms with E-state index in [2.05, 4.69) is 10.1 Å². The quantitative estimate of drug-likeness (QED) is 0.796. The lowest BCUT2D eigenvalue weighted by atomic mass is 10.1. The van der Waals surface area contributed by atoms with E-state index < -0.39 is 6.61 Å². The molecule has 0 saturated heterocycles. The van der Waals surface area contributed by atoms with Crippen molar-refractivity contribution in [2.75, 3.05) is 13.2 Å². The summed E-state index contributed by atoms with van der Waals surface area (Å²) in [5.74, 6) is 1.41. The summed E-state index contributed by atoms with van der Waals surface area (Å²) in [6, 6.07) is 11.7. The lowest BCUT2D eigenvalue weighted by Gasteiger charge is -2.21. The summed E-state index contributed by atoms with van der Waals surface area (Å²) in [7, 11) is 0. The first-order valence-corrected chi connectivity index (χ1v) is 8.74. The molecule has 1 aliphatic heterocycles. The number of amides is 1. The molecule has 1 N–H and O–H groups in total. The Balaban J connectivity index is 1.50. The van der Waals surface area contributed by atoms with Gasteiger partial charge in [-0.05, 0) is 48.7 Å². The second-order valence-electron chi connectivity index (χ2n) is 6.21. The van der Waals surface area contributed by atoms with Crippen molar-refractivity contribution in [1.82, 2.24) is 5.32 Å². The minimum atomic E-state index is -2.84. The third-order valence-electron chi connectivity index (χ3n) is 4.23. The van der Waals surface area contributed by atoms with E-state index in [-0.39, 0.29) is 17.7 Å². The van der Waals surface area contributed by atoms with Crippen molar-refractivity contribution in [3.63, 3.8) is 0 Å². The third kappa shape index (κ3) is 5.32. The number of hydrogen-bond donors (Lipinski definition) is 1. The molecule has 0 aromatic heterocycles. The number of alkyl halides is 2. The number of aryl methyl sites for hydroxylation is 1. The lowest BCUT2D eigenvalue weighted by Crippen LogP contribution is -2.27. The van der Waals surface area contributed by atoms with Gasteiger partial charge < -0.3 is 19.5 Å². The number of ether oxygens (including phenoxy) is 3. The van der Waals surface area contributed by atoms with Gasteiger partial charge in [-0.25, -0.2) is 0 Å². The average molecular weight is 377 g/mol.